The van der Waals surface area contributed by atoms with Gasteiger partial charge in [0.25, 0.3) is 5.91 Å². The first kappa shape index (κ1) is 26.8. The minimum atomic E-state index is -0.303. The monoisotopic (exact) mass is 540 g/mol. The first-order chi connectivity index (χ1) is 19.4. The zero-order chi connectivity index (χ0) is 28.1. The summed E-state index contributed by atoms with van der Waals surface area (Å²) in [5.41, 5.74) is 2.28. The van der Waals surface area contributed by atoms with E-state index >= 15 is 0 Å². The van der Waals surface area contributed by atoms with Gasteiger partial charge in [0, 0.05) is 62.6 Å². The molecule has 2 atom stereocenters. The van der Waals surface area contributed by atoms with Gasteiger partial charge in [0.05, 0.1) is 24.8 Å². The summed E-state index contributed by atoms with van der Waals surface area (Å²) >= 11 is 0. The molecular formula is C29H32N8O3. The van der Waals surface area contributed by atoms with Crippen LogP contribution < -0.4 is 15.0 Å². The van der Waals surface area contributed by atoms with Gasteiger partial charge in [-0.1, -0.05) is 12.1 Å². The topological polar surface area (TPSA) is 118 Å². The van der Waals surface area contributed by atoms with E-state index in [0.717, 1.165) is 17.0 Å². The van der Waals surface area contributed by atoms with Gasteiger partial charge in [-0.25, -0.2) is 9.97 Å². The number of imidazole rings is 1. The minimum Gasteiger partial charge on any atom is -0.497 e. The van der Waals surface area contributed by atoms with Crippen molar-refractivity contribution in [3.05, 3.63) is 90.4 Å². The third-order valence-corrected chi connectivity index (χ3v) is 6.95. The molecule has 2 amide bonds. The van der Waals surface area contributed by atoms with E-state index in [2.05, 4.69) is 25.2 Å². The number of carbonyl (C=O) groups excluding carboxylic acids is 2. The summed E-state index contributed by atoms with van der Waals surface area (Å²) in [4.78, 5) is 48.0. The molecule has 1 fully saturated rings. The number of methoxy groups -OCH3 is 1. The Bertz CT molecular complexity index is 1440. The van der Waals surface area contributed by atoms with Crippen LogP contribution in [0.2, 0.25) is 0 Å². The van der Waals surface area contributed by atoms with Gasteiger partial charge in [-0.2, -0.15) is 4.98 Å². The van der Waals surface area contributed by atoms with Gasteiger partial charge in [0.15, 0.2) is 0 Å². The number of nitrogens with zero attached hydrogens (tertiary/aromatic N) is 7. The van der Waals surface area contributed by atoms with Crippen LogP contribution >= 0.6 is 0 Å². The fourth-order valence-electron chi connectivity index (χ4n) is 4.85. The van der Waals surface area contributed by atoms with Crippen LogP contribution in [-0.4, -0.2) is 74.0 Å². The molecule has 0 saturated carbocycles. The fourth-order valence-corrected chi connectivity index (χ4v) is 4.85. The molecule has 1 aliphatic rings. The maximum atomic E-state index is 13.3. The van der Waals surface area contributed by atoms with Crippen LogP contribution in [0.3, 0.4) is 0 Å². The molecule has 206 valence electrons. The van der Waals surface area contributed by atoms with Crippen LogP contribution in [0, 0.1) is 6.92 Å². The Kier molecular flexibility index (Phi) is 7.99. The Hall–Kier alpha value is -4.80. The second kappa shape index (κ2) is 11.9. The van der Waals surface area contributed by atoms with Crippen molar-refractivity contribution < 1.29 is 14.3 Å². The zero-order valence-electron chi connectivity index (χ0n) is 22.8. The number of anilines is 1. The first-order valence-corrected chi connectivity index (χ1v) is 13.1. The molecule has 1 saturated heterocycles. The van der Waals surface area contributed by atoms with Crippen LogP contribution in [0.1, 0.15) is 41.0 Å². The summed E-state index contributed by atoms with van der Waals surface area (Å²) in [6.07, 6.45) is 8.49. The molecule has 0 radical (unpaired) electrons. The van der Waals surface area contributed by atoms with Crippen molar-refractivity contribution in [1.29, 1.82) is 0 Å². The molecule has 11 nitrogen and oxygen atoms in total. The Balaban J connectivity index is 1.38. The number of piperazine rings is 1. The van der Waals surface area contributed by atoms with Crippen molar-refractivity contribution in [2.24, 2.45) is 0 Å². The Morgan fingerprint density at radius 1 is 1.10 bits per heavy atom. The lowest BCUT2D eigenvalue weighted by Gasteiger charge is -2.42. The molecule has 0 bridgehead atoms. The standard InChI is InChI=1S/C29H32N8O3/c1-20-15-26(34-29(32-20)36-12-11-31-19-36)37-14-13-35(28(39)23-5-4-10-30-17-23)18-24(37)16-27(38)33-21(2)22-6-8-25(40-3)9-7-22/h4-12,15,17,19,21,24H,13-14,16,18H2,1-3H3,(H,33,38). The average molecular weight is 541 g/mol. The van der Waals surface area contributed by atoms with E-state index in [1.54, 1.807) is 59.8 Å². The number of rotatable bonds is 8. The summed E-state index contributed by atoms with van der Waals surface area (Å²) < 4.78 is 6.99. The van der Waals surface area contributed by atoms with E-state index in [1.165, 1.54) is 0 Å². The van der Waals surface area contributed by atoms with Crippen molar-refractivity contribution in [2.75, 3.05) is 31.6 Å². The van der Waals surface area contributed by atoms with Gasteiger partial charge in [-0.15, -0.1) is 0 Å². The lowest BCUT2D eigenvalue weighted by molar-refractivity contribution is -0.122. The molecule has 0 spiro atoms. The maximum absolute atomic E-state index is 13.3. The molecule has 1 aliphatic heterocycles. The highest BCUT2D eigenvalue weighted by Crippen LogP contribution is 2.24. The quantitative estimate of drug-likeness (QED) is 0.362. The Labute approximate surface area is 232 Å². The van der Waals surface area contributed by atoms with Gasteiger partial charge in [0.2, 0.25) is 11.9 Å². The van der Waals surface area contributed by atoms with Crippen molar-refractivity contribution >= 4 is 17.6 Å². The third-order valence-electron chi connectivity index (χ3n) is 6.95. The van der Waals surface area contributed by atoms with Gasteiger partial charge < -0.3 is 19.9 Å². The average Bonchev–Trinajstić information content (AvgIpc) is 3.52. The SMILES string of the molecule is COc1ccc(C(C)NC(=O)CC2CN(C(=O)c3cccnc3)CCN2c2cc(C)nc(-n3ccnc3)n2)cc1. The number of aromatic nitrogens is 5. The highest BCUT2D eigenvalue weighted by atomic mass is 16.5. The molecule has 11 heteroatoms. The van der Waals surface area contributed by atoms with Gasteiger partial charge in [-0.05, 0) is 43.7 Å². The normalized spacial score (nSPS) is 15.9. The number of hydrogen-bond donors (Lipinski definition) is 1. The van der Waals surface area contributed by atoms with Crippen molar-refractivity contribution in [3.63, 3.8) is 0 Å². The van der Waals surface area contributed by atoms with E-state index < -0.39 is 0 Å². The van der Waals surface area contributed by atoms with Crippen LogP contribution in [0.5, 0.6) is 5.75 Å². The molecule has 40 heavy (non-hydrogen) atoms. The van der Waals surface area contributed by atoms with E-state index in [1.807, 2.05) is 44.2 Å². The summed E-state index contributed by atoms with van der Waals surface area (Å²) in [6.45, 7) is 5.21. The van der Waals surface area contributed by atoms with Crippen molar-refractivity contribution in [1.82, 2.24) is 34.7 Å². The molecule has 5 rings (SSSR count). The number of carbonyl (C=O) groups is 2. The number of benzene rings is 1. The molecule has 1 aromatic carbocycles. The minimum absolute atomic E-state index is 0.109. The number of aryl methyl sites for hydroxylation is 1. The van der Waals surface area contributed by atoms with E-state index in [9.17, 15) is 9.59 Å². The molecule has 1 N–H and O–H groups in total. The molecule has 4 aromatic rings. The van der Waals surface area contributed by atoms with Crippen LogP contribution in [0.25, 0.3) is 5.95 Å². The smallest absolute Gasteiger partial charge is 0.255 e. The van der Waals surface area contributed by atoms with Crippen molar-refractivity contribution in [2.45, 2.75) is 32.4 Å². The Morgan fingerprint density at radius 3 is 2.62 bits per heavy atom. The Morgan fingerprint density at radius 2 is 1.93 bits per heavy atom. The van der Waals surface area contributed by atoms with E-state index in [4.69, 9.17) is 9.72 Å². The summed E-state index contributed by atoms with van der Waals surface area (Å²) in [7, 11) is 1.62. The molecule has 2 unspecified atom stereocenters. The first-order valence-electron chi connectivity index (χ1n) is 13.1. The summed E-state index contributed by atoms with van der Waals surface area (Å²) in [5.74, 6) is 1.73. The maximum Gasteiger partial charge on any atom is 0.255 e. The third kappa shape index (κ3) is 6.09. The zero-order valence-corrected chi connectivity index (χ0v) is 22.8. The van der Waals surface area contributed by atoms with Crippen molar-refractivity contribution in [3.8, 4) is 11.7 Å². The number of amides is 2. The number of nitrogens with one attached hydrogen (secondary N) is 1. The lowest BCUT2D eigenvalue weighted by atomic mass is 10.0. The van der Waals surface area contributed by atoms with E-state index in [-0.39, 0.29) is 30.3 Å². The number of pyridine rings is 1. The summed E-state index contributed by atoms with van der Waals surface area (Å²) in [5, 5.41) is 3.11. The second-order valence-electron chi connectivity index (χ2n) is 9.74. The van der Waals surface area contributed by atoms with Gasteiger partial charge in [-0.3, -0.25) is 19.1 Å². The fraction of sp³-hybridized carbons (Fsp3) is 0.310. The highest BCUT2D eigenvalue weighted by Gasteiger charge is 2.33. The van der Waals surface area contributed by atoms with Crippen LogP contribution in [-0.2, 0) is 4.79 Å². The molecule has 3 aromatic heterocycles. The number of ether oxygens (including phenoxy) is 1. The molecule has 0 aliphatic carbocycles. The molecular weight excluding hydrogens is 508 g/mol. The van der Waals surface area contributed by atoms with Gasteiger partial charge >= 0.3 is 0 Å². The predicted molar refractivity (Wildman–Crippen MR) is 149 cm³/mol. The van der Waals surface area contributed by atoms with Crippen LogP contribution in [0.15, 0.2) is 73.6 Å². The lowest BCUT2D eigenvalue weighted by Crippen LogP contribution is -2.56. The van der Waals surface area contributed by atoms with Crippen LogP contribution in [0.4, 0.5) is 5.82 Å². The largest absolute Gasteiger partial charge is 0.497 e. The van der Waals surface area contributed by atoms with Gasteiger partial charge in [0.1, 0.15) is 17.9 Å². The second-order valence-corrected chi connectivity index (χ2v) is 9.74. The molecule has 4 heterocycles. The predicted octanol–water partition coefficient (Wildman–Crippen LogP) is 2.97. The summed E-state index contributed by atoms with van der Waals surface area (Å²) in [6, 6.07) is 12.5. The number of hydrogen-bond acceptors (Lipinski definition) is 8. The van der Waals surface area contributed by atoms with E-state index in [0.29, 0.717) is 37.0 Å². The highest BCUT2D eigenvalue weighted by molar-refractivity contribution is 5.94.